The molecule has 16 heavy (non-hydrogen) atoms. The Morgan fingerprint density at radius 2 is 1.88 bits per heavy atom. The molecule has 3 rings (SSSR count). The lowest BCUT2D eigenvalue weighted by molar-refractivity contribution is -0.114. The van der Waals surface area contributed by atoms with Crippen molar-refractivity contribution in [1.29, 1.82) is 0 Å². The number of benzene rings is 2. The SMILES string of the molecule is O=C1CC=c2c(ccc3ccccc23)=C1O. The van der Waals surface area contributed by atoms with Crippen LogP contribution < -0.4 is 10.4 Å². The highest BCUT2D eigenvalue weighted by Gasteiger charge is 2.12. The minimum Gasteiger partial charge on any atom is -0.504 e. The molecule has 2 aromatic rings. The lowest BCUT2D eigenvalue weighted by atomic mass is 9.99. The van der Waals surface area contributed by atoms with E-state index in [1.807, 2.05) is 36.4 Å². The molecule has 0 saturated carbocycles. The predicted molar refractivity (Wildman–Crippen MR) is 63.3 cm³/mol. The topological polar surface area (TPSA) is 37.3 Å². The summed E-state index contributed by atoms with van der Waals surface area (Å²) in [4.78, 5) is 11.4. The minimum absolute atomic E-state index is 0.108. The second-order valence-electron chi connectivity index (χ2n) is 3.93. The molecule has 0 aromatic heterocycles. The lowest BCUT2D eigenvalue weighted by Gasteiger charge is -2.06. The summed E-state index contributed by atoms with van der Waals surface area (Å²) < 4.78 is 0. The molecule has 78 valence electrons. The molecule has 0 unspecified atom stereocenters. The molecule has 0 amide bonds. The molecule has 1 N–H and O–H groups in total. The van der Waals surface area contributed by atoms with E-state index in [0.29, 0.717) is 5.22 Å². The quantitative estimate of drug-likeness (QED) is 0.710. The van der Waals surface area contributed by atoms with E-state index in [2.05, 4.69) is 0 Å². The maximum Gasteiger partial charge on any atom is 0.201 e. The Labute approximate surface area is 92.1 Å². The van der Waals surface area contributed by atoms with Gasteiger partial charge in [0.25, 0.3) is 0 Å². The van der Waals surface area contributed by atoms with E-state index in [-0.39, 0.29) is 18.0 Å². The van der Waals surface area contributed by atoms with Crippen LogP contribution >= 0.6 is 0 Å². The van der Waals surface area contributed by atoms with Crippen LogP contribution in [0, 0.1) is 0 Å². The Morgan fingerprint density at radius 1 is 1.06 bits per heavy atom. The van der Waals surface area contributed by atoms with Crippen molar-refractivity contribution in [2.75, 3.05) is 0 Å². The number of aliphatic hydroxyl groups excluding tert-OH is 1. The maximum atomic E-state index is 11.4. The van der Waals surface area contributed by atoms with E-state index in [1.165, 1.54) is 0 Å². The van der Waals surface area contributed by atoms with Crippen LogP contribution in [0.4, 0.5) is 0 Å². The summed E-state index contributed by atoms with van der Waals surface area (Å²) in [6, 6.07) is 11.7. The molecule has 0 spiro atoms. The summed E-state index contributed by atoms with van der Waals surface area (Å²) in [7, 11) is 0. The number of hydrogen-bond acceptors (Lipinski definition) is 2. The van der Waals surface area contributed by atoms with E-state index in [0.717, 1.165) is 16.0 Å². The molecule has 0 radical (unpaired) electrons. The Hall–Kier alpha value is -2.09. The van der Waals surface area contributed by atoms with Gasteiger partial charge < -0.3 is 5.11 Å². The van der Waals surface area contributed by atoms with Gasteiger partial charge in [-0.25, -0.2) is 0 Å². The fourth-order valence-electron chi connectivity index (χ4n) is 2.16. The third kappa shape index (κ3) is 1.16. The normalized spacial score (nSPS) is 14.8. The number of Topliss-reactive ketones (excluding diaryl/α,β-unsaturated/α-hetero) is 1. The zero-order chi connectivity index (χ0) is 11.1. The molecule has 2 heteroatoms. The molecule has 0 aliphatic heterocycles. The summed E-state index contributed by atoms with van der Waals surface area (Å²) in [6.07, 6.45) is 2.17. The third-order valence-corrected chi connectivity index (χ3v) is 2.98. The van der Waals surface area contributed by atoms with Crippen molar-refractivity contribution >= 4 is 28.4 Å². The molecule has 0 fully saturated rings. The number of fused-ring (bicyclic) bond motifs is 3. The first-order valence-corrected chi connectivity index (χ1v) is 5.22. The fraction of sp³-hybridized carbons (Fsp3) is 0.0714. The van der Waals surface area contributed by atoms with Gasteiger partial charge in [0.1, 0.15) is 0 Å². The number of aliphatic hydroxyl groups is 1. The largest absolute Gasteiger partial charge is 0.504 e. The molecule has 0 atom stereocenters. The van der Waals surface area contributed by atoms with Gasteiger partial charge in [0.15, 0.2) is 5.76 Å². The van der Waals surface area contributed by atoms with Crippen molar-refractivity contribution in [2.45, 2.75) is 6.42 Å². The minimum atomic E-state index is -0.206. The summed E-state index contributed by atoms with van der Waals surface area (Å²) in [5.41, 5.74) is 0. The molecule has 1 aliphatic carbocycles. The van der Waals surface area contributed by atoms with Crippen LogP contribution in [-0.4, -0.2) is 10.9 Å². The monoisotopic (exact) mass is 210 g/mol. The van der Waals surface area contributed by atoms with Crippen molar-refractivity contribution in [2.24, 2.45) is 0 Å². The van der Waals surface area contributed by atoms with Crippen molar-refractivity contribution in [1.82, 2.24) is 0 Å². The molecule has 2 nitrogen and oxygen atoms in total. The summed E-state index contributed by atoms with van der Waals surface area (Å²) in [5, 5.41) is 13.6. The standard InChI is InChI=1S/C14H10O2/c15-13-8-7-11-10-4-2-1-3-9(10)5-6-12(11)14(13)16/h1-7,16H,8H2. The third-order valence-electron chi connectivity index (χ3n) is 2.98. The van der Waals surface area contributed by atoms with Crippen molar-refractivity contribution in [3.05, 3.63) is 46.8 Å². The average Bonchev–Trinajstić information content (AvgIpc) is 2.33. The second-order valence-corrected chi connectivity index (χ2v) is 3.93. The van der Waals surface area contributed by atoms with Crippen LogP contribution in [-0.2, 0) is 4.79 Å². The van der Waals surface area contributed by atoms with Gasteiger partial charge >= 0.3 is 0 Å². The second kappa shape index (κ2) is 3.20. The van der Waals surface area contributed by atoms with Gasteiger partial charge in [-0.2, -0.15) is 0 Å². The van der Waals surface area contributed by atoms with Crippen LogP contribution in [0.2, 0.25) is 0 Å². The lowest BCUT2D eigenvalue weighted by Crippen LogP contribution is -2.33. The molecular formula is C14H10O2. The van der Waals surface area contributed by atoms with Gasteiger partial charge in [0.05, 0.1) is 0 Å². The van der Waals surface area contributed by atoms with E-state index < -0.39 is 0 Å². The molecule has 0 heterocycles. The molecule has 0 saturated heterocycles. The first kappa shape index (κ1) is 9.16. The Balaban J connectivity index is 2.60. The van der Waals surface area contributed by atoms with Gasteiger partial charge in [0.2, 0.25) is 5.78 Å². The smallest absolute Gasteiger partial charge is 0.201 e. The van der Waals surface area contributed by atoms with Crippen LogP contribution in [0.3, 0.4) is 0 Å². The highest BCUT2D eigenvalue weighted by Crippen LogP contribution is 2.09. The van der Waals surface area contributed by atoms with Gasteiger partial charge in [-0.15, -0.1) is 0 Å². The zero-order valence-corrected chi connectivity index (χ0v) is 8.60. The summed E-state index contributed by atoms with van der Waals surface area (Å²) >= 11 is 0. The first-order chi connectivity index (χ1) is 7.77. The number of carbonyl (C=O) groups is 1. The van der Waals surface area contributed by atoms with Crippen LogP contribution in [0.5, 0.6) is 0 Å². The Morgan fingerprint density at radius 3 is 2.75 bits per heavy atom. The zero-order valence-electron chi connectivity index (χ0n) is 8.60. The average molecular weight is 210 g/mol. The van der Waals surface area contributed by atoms with Crippen molar-refractivity contribution < 1.29 is 9.90 Å². The molecular weight excluding hydrogens is 200 g/mol. The van der Waals surface area contributed by atoms with E-state index >= 15 is 0 Å². The number of carbonyl (C=O) groups excluding carboxylic acids is 1. The highest BCUT2D eigenvalue weighted by molar-refractivity contribution is 6.14. The summed E-state index contributed by atoms with van der Waals surface area (Å²) in [5.74, 6) is -0.314. The van der Waals surface area contributed by atoms with Crippen LogP contribution in [0.15, 0.2) is 36.4 Å². The van der Waals surface area contributed by atoms with Crippen molar-refractivity contribution in [3.63, 3.8) is 0 Å². The van der Waals surface area contributed by atoms with E-state index in [9.17, 15) is 9.90 Å². The molecule has 0 bridgehead atoms. The number of rotatable bonds is 0. The summed E-state index contributed by atoms with van der Waals surface area (Å²) in [6.45, 7) is 0. The molecule has 2 aromatic carbocycles. The Kier molecular flexibility index (Phi) is 1.83. The Bertz CT molecular complexity index is 711. The van der Waals surface area contributed by atoms with E-state index in [1.54, 1.807) is 6.07 Å². The van der Waals surface area contributed by atoms with Crippen LogP contribution in [0.1, 0.15) is 6.42 Å². The van der Waals surface area contributed by atoms with Crippen molar-refractivity contribution in [3.8, 4) is 0 Å². The van der Waals surface area contributed by atoms with Crippen LogP contribution in [0.25, 0.3) is 22.6 Å². The van der Waals surface area contributed by atoms with Gasteiger partial charge in [-0.1, -0.05) is 36.4 Å². The van der Waals surface area contributed by atoms with Gasteiger partial charge in [-0.3, -0.25) is 4.79 Å². The highest BCUT2D eigenvalue weighted by atomic mass is 16.3. The maximum absolute atomic E-state index is 11.4. The van der Waals surface area contributed by atoms with Gasteiger partial charge in [-0.05, 0) is 22.1 Å². The molecule has 1 aliphatic rings. The predicted octanol–water partition coefficient (Wildman–Crippen LogP) is 1.26. The first-order valence-electron chi connectivity index (χ1n) is 5.22. The number of hydrogen-bond donors (Lipinski definition) is 1. The fourth-order valence-corrected chi connectivity index (χ4v) is 2.16. The van der Waals surface area contributed by atoms with E-state index in [4.69, 9.17) is 0 Å². The van der Waals surface area contributed by atoms with Gasteiger partial charge in [0, 0.05) is 11.6 Å². The number of ketones is 1.